The lowest BCUT2D eigenvalue weighted by Gasteiger charge is -2.02. The average molecular weight is 155 g/mol. The molecular weight excluding hydrogens is 138 g/mol. The van der Waals surface area contributed by atoms with Gasteiger partial charge < -0.3 is 4.90 Å². The molecule has 0 spiro atoms. The Morgan fingerprint density at radius 1 is 1.45 bits per heavy atom. The fraction of sp³-hybridized carbons (Fsp3) is 0.667. The van der Waals surface area contributed by atoms with Gasteiger partial charge in [0.1, 0.15) is 0 Å². The highest BCUT2D eigenvalue weighted by Gasteiger charge is 1.91. The Kier molecular flexibility index (Phi) is 5.75. The molecule has 0 bridgehead atoms. The van der Waals surface area contributed by atoms with E-state index in [9.17, 15) is 4.79 Å². The molecule has 0 aliphatic heterocycles. The van der Waals surface area contributed by atoms with E-state index in [0.717, 1.165) is 13.0 Å². The van der Waals surface area contributed by atoms with Crippen molar-refractivity contribution in [2.24, 2.45) is 0 Å². The van der Waals surface area contributed by atoms with Gasteiger partial charge >= 0.3 is 0 Å². The smallest absolute Gasteiger partial charge is 0.155 e. The second-order valence-corrected chi connectivity index (χ2v) is 2.88. The fourth-order valence-corrected chi connectivity index (χ4v) is 0.725. The van der Waals surface area contributed by atoms with E-state index in [0.29, 0.717) is 6.42 Å². The Balaban J connectivity index is 3.48. The predicted octanol–water partition coefficient (Wildman–Crippen LogP) is 1.47. The minimum absolute atomic E-state index is 0.231. The highest BCUT2D eigenvalue weighted by atomic mass is 16.1. The molecule has 0 aliphatic carbocycles. The molecule has 0 heterocycles. The largest absolute Gasteiger partial charge is 0.306 e. The third-order valence-corrected chi connectivity index (χ3v) is 1.27. The summed E-state index contributed by atoms with van der Waals surface area (Å²) in [6, 6.07) is 0. The molecule has 0 N–H and O–H groups in total. The molecule has 0 saturated carbocycles. The van der Waals surface area contributed by atoms with Crippen molar-refractivity contribution in [1.82, 2.24) is 4.90 Å². The van der Waals surface area contributed by atoms with Gasteiger partial charge in [-0.1, -0.05) is 13.0 Å². The molecule has 0 rings (SSSR count). The molecular formula is C9H17NO. The molecule has 0 aromatic heterocycles. The zero-order chi connectivity index (χ0) is 8.69. The third kappa shape index (κ3) is 7.26. The second-order valence-electron chi connectivity index (χ2n) is 2.88. The number of nitrogens with zero attached hydrogens (tertiary/aromatic N) is 1. The van der Waals surface area contributed by atoms with E-state index in [4.69, 9.17) is 0 Å². The first-order valence-electron chi connectivity index (χ1n) is 4.01. The van der Waals surface area contributed by atoms with Crippen molar-refractivity contribution in [3.8, 4) is 0 Å². The number of likely N-dealkylation sites (N-methyl/N-ethyl adjacent to an activating group) is 1. The monoisotopic (exact) mass is 155 g/mol. The van der Waals surface area contributed by atoms with Crippen LogP contribution in [-0.4, -0.2) is 31.3 Å². The van der Waals surface area contributed by atoms with Crippen LogP contribution in [0.4, 0.5) is 0 Å². The van der Waals surface area contributed by atoms with E-state index in [-0.39, 0.29) is 5.78 Å². The van der Waals surface area contributed by atoms with Gasteiger partial charge in [0.15, 0.2) is 5.78 Å². The van der Waals surface area contributed by atoms with Gasteiger partial charge in [-0.05, 0) is 26.6 Å². The van der Waals surface area contributed by atoms with Crippen LogP contribution in [0.5, 0.6) is 0 Å². The summed E-state index contributed by atoms with van der Waals surface area (Å²) >= 11 is 0. The van der Waals surface area contributed by atoms with E-state index in [1.165, 1.54) is 0 Å². The Bertz CT molecular complexity index is 138. The van der Waals surface area contributed by atoms with E-state index >= 15 is 0 Å². The zero-order valence-corrected chi connectivity index (χ0v) is 7.63. The molecule has 2 nitrogen and oxygen atoms in total. The van der Waals surface area contributed by atoms with Gasteiger partial charge in [0.05, 0.1) is 0 Å². The summed E-state index contributed by atoms with van der Waals surface area (Å²) in [6.07, 6.45) is 5.18. The van der Waals surface area contributed by atoms with Gasteiger partial charge in [0, 0.05) is 13.0 Å². The van der Waals surface area contributed by atoms with Crippen molar-refractivity contribution in [2.45, 2.75) is 19.8 Å². The van der Waals surface area contributed by atoms with Crippen LogP contribution in [0.3, 0.4) is 0 Å². The molecule has 64 valence electrons. The molecule has 0 atom stereocenters. The number of hydrogen-bond donors (Lipinski definition) is 0. The van der Waals surface area contributed by atoms with Gasteiger partial charge in [-0.15, -0.1) is 0 Å². The van der Waals surface area contributed by atoms with Crippen molar-refractivity contribution >= 4 is 5.78 Å². The van der Waals surface area contributed by atoms with Crippen LogP contribution < -0.4 is 0 Å². The van der Waals surface area contributed by atoms with Crippen LogP contribution in [0.2, 0.25) is 0 Å². The van der Waals surface area contributed by atoms with Crippen LogP contribution >= 0.6 is 0 Å². The first-order valence-corrected chi connectivity index (χ1v) is 4.01. The number of hydrogen-bond acceptors (Lipinski definition) is 2. The van der Waals surface area contributed by atoms with Crippen molar-refractivity contribution in [3.63, 3.8) is 0 Å². The summed E-state index contributed by atoms with van der Waals surface area (Å²) in [6.45, 7) is 2.85. The van der Waals surface area contributed by atoms with Crippen LogP contribution in [0, 0.1) is 0 Å². The first-order chi connectivity index (χ1) is 5.16. The molecule has 2 heteroatoms. The van der Waals surface area contributed by atoms with E-state index < -0.39 is 0 Å². The minimum atomic E-state index is 0.231. The zero-order valence-electron chi connectivity index (χ0n) is 7.63. The molecule has 0 amide bonds. The van der Waals surface area contributed by atoms with E-state index in [1.54, 1.807) is 6.08 Å². The van der Waals surface area contributed by atoms with Gasteiger partial charge in [0.25, 0.3) is 0 Å². The van der Waals surface area contributed by atoms with Crippen LogP contribution in [0.25, 0.3) is 0 Å². The fourth-order valence-electron chi connectivity index (χ4n) is 0.725. The molecule has 0 radical (unpaired) electrons. The topological polar surface area (TPSA) is 20.3 Å². The van der Waals surface area contributed by atoms with E-state index in [1.807, 2.05) is 32.0 Å². The summed E-state index contributed by atoms with van der Waals surface area (Å²) in [5.41, 5.74) is 0. The lowest BCUT2D eigenvalue weighted by molar-refractivity contribution is -0.114. The van der Waals surface area contributed by atoms with Gasteiger partial charge in [0.2, 0.25) is 0 Å². The molecule has 0 aliphatic rings. The molecule has 0 saturated heterocycles. The van der Waals surface area contributed by atoms with E-state index in [2.05, 4.69) is 0 Å². The number of allylic oxidation sites excluding steroid dienone is 1. The SMILES string of the molecule is CCCC(=O)C=CCN(C)C. The first kappa shape index (κ1) is 10.4. The second kappa shape index (κ2) is 6.10. The predicted molar refractivity (Wildman–Crippen MR) is 47.6 cm³/mol. The molecule has 0 unspecified atom stereocenters. The van der Waals surface area contributed by atoms with Crippen molar-refractivity contribution in [3.05, 3.63) is 12.2 Å². The number of rotatable bonds is 5. The molecule has 0 fully saturated rings. The molecule has 0 aromatic rings. The average Bonchev–Trinajstić information content (AvgIpc) is 1.87. The lowest BCUT2D eigenvalue weighted by Crippen LogP contribution is -2.10. The minimum Gasteiger partial charge on any atom is -0.306 e. The summed E-state index contributed by atoms with van der Waals surface area (Å²) in [4.78, 5) is 12.9. The van der Waals surface area contributed by atoms with Gasteiger partial charge in [-0.25, -0.2) is 0 Å². The summed E-state index contributed by atoms with van der Waals surface area (Å²) in [5, 5.41) is 0. The van der Waals surface area contributed by atoms with Gasteiger partial charge in [-0.3, -0.25) is 4.79 Å². The quantitative estimate of drug-likeness (QED) is 0.560. The lowest BCUT2D eigenvalue weighted by atomic mass is 10.2. The maximum absolute atomic E-state index is 10.9. The maximum Gasteiger partial charge on any atom is 0.155 e. The van der Waals surface area contributed by atoms with Crippen molar-refractivity contribution < 1.29 is 4.79 Å². The summed E-state index contributed by atoms with van der Waals surface area (Å²) < 4.78 is 0. The van der Waals surface area contributed by atoms with Gasteiger partial charge in [-0.2, -0.15) is 0 Å². The van der Waals surface area contributed by atoms with Crippen molar-refractivity contribution in [1.29, 1.82) is 0 Å². The van der Waals surface area contributed by atoms with Crippen molar-refractivity contribution in [2.75, 3.05) is 20.6 Å². The summed E-state index contributed by atoms with van der Waals surface area (Å²) in [7, 11) is 3.96. The maximum atomic E-state index is 10.9. The number of carbonyl (C=O) groups excluding carboxylic acids is 1. The number of ketones is 1. The highest BCUT2D eigenvalue weighted by molar-refractivity contribution is 5.89. The summed E-state index contributed by atoms with van der Waals surface area (Å²) in [5.74, 6) is 0.231. The molecule has 0 aromatic carbocycles. The Hall–Kier alpha value is -0.630. The van der Waals surface area contributed by atoms with Crippen LogP contribution in [0.15, 0.2) is 12.2 Å². The standard InChI is InChI=1S/C9H17NO/c1-4-6-9(11)7-5-8-10(2)3/h5,7H,4,6,8H2,1-3H3. The Labute approximate surface area is 68.9 Å². The highest BCUT2D eigenvalue weighted by Crippen LogP contribution is 1.90. The normalized spacial score (nSPS) is 11.3. The number of carbonyl (C=O) groups is 1. The Morgan fingerprint density at radius 3 is 2.55 bits per heavy atom. The molecule has 11 heavy (non-hydrogen) atoms. The van der Waals surface area contributed by atoms with Crippen LogP contribution in [0.1, 0.15) is 19.8 Å². The third-order valence-electron chi connectivity index (χ3n) is 1.27. The van der Waals surface area contributed by atoms with Crippen LogP contribution in [-0.2, 0) is 4.79 Å². The Morgan fingerprint density at radius 2 is 2.09 bits per heavy atom.